The number of rotatable bonds is 3. The Morgan fingerprint density at radius 1 is 1.56 bits per heavy atom. The number of nitrogens with zero attached hydrogens (tertiary/aromatic N) is 3. The average Bonchev–Trinajstić information content (AvgIpc) is 2.37. The Labute approximate surface area is 105 Å². The van der Waals surface area contributed by atoms with Crippen molar-refractivity contribution in [3.8, 4) is 0 Å². The van der Waals surface area contributed by atoms with Crippen molar-refractivity contribution in [2.45, 2.75) is 13.0 Å². The third-order valence-corrected chi connectivity index (χ3v) is 4.45. The lowest BCUT2D eigenvalue weighted by Gasteiger charge is -2.26. The molecule has 0 radical (unpaired) electrons. The zero-order valence-corrected chi connectivity index (χ0v) is 10.7. The van der Waals surface area contributed by atoms with E-state index in [-0.39, 0.29) is 6.54 Å². The molecule has 7 nitrogen and oxygen atoms in total. The number of hydrogen-bond acceptors (Lipinski definition) is 6. The second-order valence-electron chi connectivity index (χ2n) is 3.91. The van der Waals surface area contributed by atoms with Crippen LogP contribution in [0.3, 0.4) is 0 Å². The van der Waals surface area contributed by atoms with Crippen LogP contribution < -0.4 is 0 Å². The van der Waals surface area contributed by atoms with Crippen LogP contribution in [-0.4, -0.2) is 48.1 Å². The number of sulfonamides is 1. The fourth-order valence-electron chi connectivity index (χ4n) is 1.78. The number of carbonyl (C=O) groups excluding carboxylic acids is 1. The van der Waals surface area contributed by atoms with E-state index in [1.54, 1.807) is 6.20 Å². The van der Waals surface area contributed by atoms with E-state index in [1.807, 2.05) is 0 Å². The molecule has 1 aromatic heterocycles. The van der Waals surface area contributed by atoms with E-state index in [4.69, 9.17) is 0 Å². The molecular formula is C10H13N3O4S. The Bertz CT molecular complexity index is 558. The highest BCUT2D eigenvalue weighted by Crippen LogP contribution is 2.18. The van der Waals surface area contributed by atoms with Crippen molar-refractivity contribution < 1.29 is 17.9 Å². The molecule has 0 bridgehead atoms. The number of carbonyl (C=O) groups is 1. The molecule has 8 heteroatoms. The third kappa shape index (κ3) is 2.65. The number of esters is 1. The van der Waals surface area contributed by atoms with Gasteiger partial charge in [0.05, 0.1) is 7.11 Å². The van der Waals surface area contributed by atoms with Crippen LogP contribution in [0.15, 0.2) is 12.5 Å². The molecule has 1 aromatic rings. The first-order valence-electron chi connectivity index (χ1n) is 5.35. The second kappa shape index (κ2) is 4.99. The molecule has 0 amide bonds. The number of fused-ring (bicyclic) bond motifs is 1. The summed E-state index contributed by atoms with van der Waals surface area (Å²) >= 11 is 0. The predicted molar refractivity (Wildman–Crippen MR) is 61.9 cm³/mol. The van der Waals surface area contributed by atoms with Crippen molar-refractivity contribution in [1.82, 2.24) is 14.3 Å². The maximum atomic E-state index is 11.9. The van der Waals surface area contributed by atoms with Crippen molar-refractivity contribution >= 4 is 16.0 Å². The maximum absolute atomic E-state index is 11.9. The summed E-state index contributed by atoms with van der Waals surface area (Å²) in [5, 5.41) is 0. The van der Waals surface area contributed by atoms with Gasteiger partial charge in [0.1, 0.15) is 6.33 Å². The minimum Gasteiger partial charge on any atom is -0.468 e. The maximum Gasteiger partial charge on any atom is 0.322 e. The fourth-order valence-corrected chi connectivity index (χ4v) is 3.08. The summed E-state index contributed by atoms with van der Waals surface area (Å²) in [5.41, 5.74) is 1.63. The van der Waals surface area contributed by atoms with Crippen LogP contribution in [0.4, 0.5) is 0 Å². The highest BCUT2D eigenvalue weighted by Gasteiger charge is 2.29. The molecule has 0 aromatic carbocycles. The summed E-state index contributed by atoms with van der Waals surface area (Å²) in [6.45, 7) is 0.527. The first kappa shape index (κ1) is 12.9. The number of hydrogen-bond donors (Lipinski definition) is 0. The van der Waals surface area contributed by atoms with E-state index in [0.717, 1.165) is 18.4 Å². The molecule has 2 rings (SSSR count). The molecule has 0 aliphatic carbocycles. The van der Waals surface area contributed by atoms with Gasteiger partial charge >= 0.3 is 5.97 Å². The van der Waals surface area contributed by atoms with E-state index in [0.29, 0.717) is 13.0 Å². The molecule has 0 spiro atoms. The van der Waals surface area contributed by atoms with Gasteiger partial charge in [-0.3, -0.25) is 4.79 Å². The Morgan fingerprint density at radius 3 is 3.06 bits per heavy atom. The van der Waals surface area contributed by atoms with Crippen LogP contribution in [0, 0.1) is 0 Å². The number of aromatic nitrogens is 2. The van der Waals surface area contributed by atoms with Gasteiger partial charge in [-0.15, -0.1) is 0 Å². The van der Waals surface area contributed by atoms with E-state index in [1.165, 1.54) is 10.6 Å². The van der Waals surface area contributed by atoms with Crippen LogP contribution in [0.25, 0.3) is 0 Å². The van der Waals surface area contributed by atoms with E-state index >= 15 is 0 Å². The average molecular weight is 271 g/mol. The normalized spacial score (nSPS) is 16.1. The first-order chi connectivity index (χ1) is 8.53. The predicted octanol–water partition coefficient (Wildman–Crippen LogP) is -0.662. The molecule has 0 fully saturated rings. The molecule has 0 unspecified atom stereocenters. The quantitative estimate of drug-likeness (QED) is 0.678. The SMILES string of the molecule is COC(=O)CS(=O)(=O)N1CCc2ncncc2C1. The summed E-state index contributed by atoms with van der Waals surface area (Å²) in [6.07, 6.45) is 3.57. The van der Waals surface area contributed by atoms with Crippen molar-refractivity contribution in [2.24, 2.45) is 0 Å². The monoisotopic (exact) mass is 271 g/mol. The Balaban J connectivity index is 2.16. The lowest BCUT2D eigenvalue weighted by molar-refractivity contribution is -0.137. The summed E-state index contributed by atoms with van der Waals surface area (Å²) in [6, 6.07) is 0. The number of methoxy groups -OCH3 is 1. The van der Waals surface area contributed by atoms with Gasteiger partial charge in [-0.1, -0.05) is 0 Å². The van der Waals surface area contributed by atoms with Gasteiger partial charge in [0, 0.05) is 37.0 Å². The summed E-state index contributed by atoms with van der Waals surface area (Å²) in [4.78, 5) is 19.0. The van der Waals surface area contributed by atoms with Crippen molar-refractivity contribution in [1.29, 1.82) is 0 Å². The molecule has 2 heterocycles. The second-order valence-corrected chi connectivity index (χ2v) is 5.88. The third-order valence-electron chi connectivity index (χ3n) is 2.75. The molecule has 0 saturated heterocycles. The Hall–Kier alpha value is -1.54. The highest BCUT2D eigenvalue weighted by atomic mass is 32.2. The molecule has 18 heavy (non-hydrogen) atoms. The van der Waals surface area contributed by atoms with Crippen molar-refractivity contribution in [2.75, 3.05) is 19.4 Å². The van der Waals surface area contributed by atoms with Crippen LogP contribution in [0.5, 0.6) is 0 Å². The molecule has 1 aliphatic rings. The Morgan fingerprint density at radius 2 is 2.33 bits per heavy atom. The summed E-state index contributed by atoms with van der Waals surface area (Å²) in [7, 11) is -2.47. The zero-order chi connectivity index (χ0) is 13.2. The summed E-state index contributed by atoms with van der Waals surface area (Å²) in [5.74, 6) is -1.39. The minimum atomic E-state index is -3.63. The van der Waals surface area contributed by atoms with E-state index < -0.39 is 21.7 Å². The molecule has 98 valence electrons. The van der Waals surface area contributed by atoms with E-state index in [9.17, 15) is 13.2 Å². The highest BCUT2D eigenvalue weighted by molar-refractivity contribution is 7.89. The van der Waals surface area contributed by atoms with Gasteiger partial charge in [-0.25, -0.2) is 18.4 Å². The Kier molecular flexibility index (Phi) is 3.58. The van der Waals surface area contributed by atoms with Crippen LogP contribution in [-0.2, 0) is 32.5 Å². The molecule has 1 aliphatic heterocycles. The molecule has 0 atom stereocenters. The fraction of sp³-hybridized carbons (Fsp3) is 0.500. The van der Waals surface area contributed by atoms with Crippen molar-refractivity contribution in [3.63, 3.8) is 0 Å². The first-order valence-corrected chi connectivity index (χ1v) is 6.96. The van der Waals surface area contributed by atoms with Crippen LogP contribution in [0.2, 0.25) is 0 Å². The lowest BCUT2D eigenvalue weighted by atomic mass is 10.1. The molecular weight excluding hydrogens is 258 g/mol. The smallest absolute Gasteiger partial charge is 0.322 e. The van der Waals surface area contributed by atoms with Crippen LogP contribution >= 0.6 is 0 Å². The lowest BCUT2D eigenvalue weighted by Crippen LogP contribution is -2.39. The van der Waals surface area contributed by atoms with Crippen molar-refractivity contribution in [3.05, 3.63) is 23.8 Å². The van der Waals surface area contributed by atoms with Gasteiger partial charge in [-0.2, -0.15) is 4.31 Å². The van der Waals surface area contributed by atoms with Gasteiger partial charge in [-0.05, 0) is 0 Å². The number of ether oxygens (including phenoxy) is 1. The minimum absolute atomic E-state index is 0.204. The standard InChI is InChI=1S/C10H13N3O4S/c1-17-10(14)6-18(15,16)13-3-2-9-8(5-13)4-11-7-12-9/h4,7H,2-3,5-6H2,1H3. The molecule has 0 N–H and O–H groups in total. The largest absolute Gasteiger partial charge is 0.468 e. The van der Waals surface area contributed by atoms with Gasteiger partial charge in [0.2, 0.25) is 10.0 Å². The van der Waals surface area contributed by atoms with Gasteiger partial charge in [0.25, 0.3) is 0 Å². The van der Waals surface area contributed by atoms with E-state index in [2.05, 4.69) is 14.7 Å². The molecule has 0 saturated carbocycles. The topological polar surface area (TPSA) is 89.5 Å². The van der Waals surface area contributed by atoms with Crippen LogP contribution in [0.1, 0.15) is 11.3 Å². The zero-order valence-electron chi connectivity index (χ0n) is 9.87. The summed E-state index contributed by atoms with van der Waals surface area (Å²) < 4.78 is 29.5. The van der Waals surface area contributed by atoms with Gasteiger partial charge in [0.15, 0.2) is 5.75 Å². The van der Waals surface area contributed by atoms with Gasteiger partial charge < -0.3 is 4.74 Å².